The molecule has 1 heterocycles. The summed E-state index contributed by atoms with van der Waals surface area (Å²) in [4.78, 5) is 16.5. The van der Waals surface area contributed by atoms with Crippen LogP contribution >= 0.6 is 0 Å². The molecule has 0 atom stereocenters. The second kappa shape index (κ2) is 8.91. The van der Waals surface area contributed by atoms with Crippen LogP contribution in [0.2, 0.25) is 0 Å². The van der Waals surface area contributed by atoms with E-state index in [9.17, 15) is 13.2 Å². The minimum atomic E-state index is -3.30. The van der Waals surface area contributed by atoms with Crippen LogP contribution in [0.15, 0.2) is 54.6 Å². The second-order valence-corrected chi connectivity index (χ2v) is 8.52. The first kappa shape index (κ1) is 20.6. The molecule has 29 heavy (non-hydrogen) atoms. The topological polar surface area (TPSA) is 93.1 Å². The molecule has 0 radical (unpaired) electrons. The van der Waals surface area contributed by atoms with Gasteiger partial charge >= 0.3 is 0 Å². The molecule has 8 heteroatoms. The summed E-state index contributed by atoms with van der Waals surface area (Å²) in [6.07, 6.45) is 5.05. The molecule has 0 unspecified atom stereocenters. The van der Waals surface area contributed by atoms with Crippen LogP contribution in [-0.4, -0.2) is 36.7 Å². The molecule has 2 N–H and O–H groups in total. The summed E-state index contributed by atoms with van der Waals surface area (Å²) in [5, 5.41) is 2.87. The number of hydrogen-bond acceptors (Lipinski definition) is 4. The monoisotopic (exact) mass is 412 g/mol. The first-order chi connectivity index (χ1) is 13.8. The van der Waals surface area contributed by atoms with Crippen molar-refractivity contribution in [2.75, 3.05) is 17.5 Å². The number of hydrogen-bond donors (Lipinski definition) is 2. The Morgan fingerprint density at radius 1 is 1.14 bits per heavy atom. The summed E-state index contributed by atoms with van der Waals surface area (Å²) in [6, 6.07) is 14.8. The van der Waals surface area contributed by atoms with E-state index in [-0.39, 0.29) is 5.91 Å². The molecule has 0 bridgehead atoms. The number of fused-ring (bicyclic) bond motifs is 1. The summed E-state index contributed by atoms with van der Waals surface area (Å²) >= 11 is 0. The van der Waals surface area contributed by atoms with Gasteiger partial charge in [-0.25, -0.2) is 13.4 Å². The van der Waals surface area contributed by atoms with E-state index in [2.05, 4.69) is 19.6 Å². The van der Waals surface area contributed by atoms with Gasteiger partial charge in [-0.2, -0.15) is 0 Å². The molecule has 0 fully saturated rings. The van der Waals surface area contributed by atoms with Crippen LogP contribution in [-0.2, 0) is 21.4 Å². The lowest BCUT2D eigenvalue weighted by molar-refractivity contribution is -0.116. The van der Waals surface area contributed by atoms with Crippen LogP contribution in [0.4, 0.5) is 5.69 Å². The first-order valence-corrected chi connectivity index (χ1v) is 11.2. The molecule has 0 saturated carbocycles. The highest BCUT2D eigenvalue weighted by Gasteiger charge is 2.06. The van der Waals surface area contributed by atoms with Crippen molar-refractivity contribution in [1.29, 1.82) is 0 Å². The lowest BCUT2D eigenvalue weighted by Crippen LogP contribution is -2.23. The number of rotatable bonds is 8. The number of carbonyl (C=O) groups is 1. The number of carbonyl (C=O) groups excluding carboxylic acids is 1. The van der Waals surface area contributed by atoms with Gasteiger partial charge < -0.3 is 9.88 Å². The van der Waals surface area contributed by atoms with E-state index in [1.807, 2.05) is 31.2 Å². The number of imidazole rings is 1. The Labute approximate surface area is 170 Å². The Morgan fingerprint density at radius 3 is 2.59 bits per heavy atom. The Hall–Kier alpha value is -3.13. The molecular formula is C21H24N4O3S. The Balaban J connectivity index is 1.46. The fourth-order valence-electron chi connectivity index (χ4n) is 3.03. The van der Waals surface area contributed by atoms with Crippen LogP contribution in [0.25, 0.3) is 17.1 Å². The van der Waals surface area contributed by atoms with Gasteiger partial charge in [0, 0.05) is 24.9 Å². The summed E-state index contributed by atoms with van der Waals surface area (Å²) < 4.78 is 27.0. The molecular weight excluding hydrogens is 388 g/mol. The maximum atomic E-state index is 12.0. The molecule has 3 aromatic rings. The molecule has 0 saturated heterocycles. The van der Waals surface area contributed by atoms with E-state index in [4.69, 9.17) is 0 Å². The van der Waals surface area contributed by atoms with Crippen molar-refractivity contribution in [3.8, 4) is 0 Å². The van der Waals surface area contributed by atoms with Crippen molar-refractivity contribution in [1.82, 2.24) is 14.9 Å². The van der Waals surface area contributed by atoms with Crippen molar-refractivity contribution >= 4 is 38.7 Å². The van der Waals surface area contributed by atoms with Crippen molar-refractivity contribution in [3.63, 3.8) is 0 Å². The molecule has 7 nitrogen and oxygen atoms in total. The smallest absolute Gasteiger partial charge is 0.244 e. The van der Waals surface area contributed by atoms with Crippen molar-refractivity contribution in [2.45, 2.75) is 19.9 Å². The van der Waals surface area contributed by atoms with Crippen LogP contribution in [0.3, 0.4) is 0 Å². The standard InChI is InChI=1S/C21H24N4O3S/c1-16-23-19-6-3-4-7-20(19)25(16)15-5-14-22-21(26)13-10-17-8-11-18(12-9-17)24-29(2,27)28/h3-4,6-13,24H,5,14-15H2,1-2H3,(H,22,26). The summed E-state index contributed by atoms with van der Waals surface area (Å²) in [6.45, 7) is 3.33. The lowest BCUT2D eigenvalue weighted by Gasteiger charge is -2.07. The van der Waals surface area contributed by atoms with Gasteiger partial charge in [-0.15, -0.1) is 0 Å². The van der Waals surface area contributed by atoms with Gasteiger partial charge in [0.25, 0.3) is 0 Å². The Morgan fingerprint density at radius 2 is 1.86 bits per heavy atom. The predicted octanol–water partition coefficient (Wildman–Crippen LogP) is 2.94. The van der Waals surface area contributed by atoms with Crippen LogP contribution in [0.1, 0.15) is 17.8 Å². The average Bonchev–Trinajstić information content (AvgIpc) is 2.98. The van der Waals surface area contributed by atoms with Crippen LogP contribution in [0.5, 0.6) is 0 Å². The van der Waals surface area contributed by atoms with Gasteiger partial charge in [-0.3, -0.25) is 9.52 Å². The highest BCUT2D eigenvalue weighted by molar-refractivity contribution is 7.92. The SMILES string of the molecule is Cc1nc2ccccc2n1CCCNC(=O)C=Cc1ccc(NS(C)(=O)=O)cc1. The van der Waals surface area contributed by atoms with E-state index in [0.717, 1.165) is 41.6 Å². The second-order valence-electron chi connectivity index (χ2n) is 6.77. The quantitative estimate of drug-likeness (QED) is 0.439. The number of nitrogens with one attached hydrogen (secondary N) is 2. The third-order valence-electron chi connectivity index (χ3n) is 4.34. The molecule has 3 rings (SSSR count). The van der Waals surface area contributed by atoms with Gasteiger partial charge in [0.15, 0.2) is 0 Å². The van der Waals surface area contributed by atoms with Crippen LogP contribution in [0, 0.1) is 6.92 Å². The zero-order valence-corrected chi connectivity index (χ0v) is 17.2. The van der Waals surface area contributed by atoms with Gasteiger partial charge in [-0.1, -0.05) is 24.3 Å². The maximum absolute atomic E-state index is 12.0. The molecule has 0 spiro atoms. The van der Waals surface area contributed by atoms with E-state index < -0.39 is 10.0 Å². The molecule has 2 aromatic carbocycles. The molecule has 1 aromatic heterocycles. The van der Waals surface area contributed by atoms with E-state index >= 15 is 0 Å². The van der Waals surface area contributed by atoms with Gasteiger partial charge in [0.1, 0.15) is 5.82 Å². The Bertz CT molecular complexity index is 1130. The number of anilines is 1. The minimum absolute atomic E-state index is 0.171. The fourth-order valence-corrected chi connectivity index (χ4v) is 3.60. The number of para-hydroxylation sites is 2. The summed E-state index contributed by atoms with van der Waals surface area (Å²) in [5.41, 5.74) is 3.37. The first-order valence-electron chi connectivity index (χ1n) is 9.27. The van der Waals surface area contributed by atoms with Crippen molar-refractivity contribution in [3.05, 3.63) is 66.0 Å². The summed E-state index contributed by atoms with van der Waals surface area (Å²) in [5.74, 6) is 0.793. The van der Waals surface area contributed by atoms with Gasteiger partial charge in [0.05, 0.1) is 17.3 Å². The zero-order valence-electron chi connectivity index (χ0n) is 16.4. The van der Waals surface area contributed by atoms with E-state index in [1.54, 1.807) is 30.3 Å². The Kier molecular flexibility index (Phi) is 6.33. The highest BCUT2D eigenvalue weighted by Crippen LogP contribution is 2.15. The number of amides is 1. The van der Waals surface area contributed by atoms with Crippen molar-refractivity contribution in [2.24, 2.45) is 0 Å². The van der Waals surface area contributed by atoms with E-state index in [1.165, 1.54) is 6.08 Å². The number of nitrogens with zero attached hydrogens (tertiary/aromatic N) is 2. The normalized spacial score (nSPS) is 11.8. The molecule has 0 aliphatic carbocycles. The van der Waals surface area contributed by atoms with E-state index in [0.29, 0.717) is 12.2 Å². The maximum Gasteiger partial charge on any atom is 0.244 e. The van der Waals surface area contributed by atoms with Crippen LogP contribution < -0.4 is 10.0 Å². The van der Waals surface area contributed by atoms with Crippen molar-refractivity contribution < 1.29 is 13.2 Å². The summed E-state index contributed by atoms with van der Waals surface area (Å²) in [7, 11) is -3.30. The third-order valence-corrected chi connectivity index (χ3v) is 4.95. The predicted molar refractivity (Wildman–Crippen MR) is 116 cm³/mol. The molecule has 152 valence electrons. The number of sulfonamides is 1. The molecule has 0 aliphatic rings. The number of benzene rings is 2. The number of aryl methyl sites for hydroxylation is 2. The van der Waals surface area contributed by atoms with Gasteiger partial charge in [0.2, 0.25) is 15.9 Å². The minimum Gasteiger partial charge on any atom is -0.352 e. The highest BCUT2D eigenvalue weighted by atomic mass is 32.2. The molecule has 0 aliphatic heterocycles. The average molecular weight is 413 g/mol. The zero-order chi connectivity index (χ0) is 20.9. The largest absolute Gasteiger partial charge is 0.352 e. The molecule has 1 amide bonds. The lowest BCUT2D eigenvalue weighted by atomic mass is 10.2. The third kappa shape index (κ3) is 5.92. The number of aromatic nitrogens is 2. The van der Waals surface area contributed by atoms with Gasteiger partial charge in [-0.05, 0) is 49.2 Å². The fraction of sp³-hybridized carbons (Fsp3) is 0.238.